The Morgan fingerprint density at radius 2 is 2.33 bits per heavy atom. The number of anilines is 1. The highest BCUT2D eigenvalue weighted by Gasteiger charge is 2.17. The second-order valence-corrected chi connectivity index (χ2v) is 5.32. The molecule has 1 aliphatic rings. The van der Waals surface area contributed by atoms with Crippen LogP contribution in [0.15, 0.2) is 39.9 Å². The van der Waals surface area contributed by atoms with Gasteiger partial charge in [0.1, 0.15) is 11.6 Å². The van der Waals surface area contributed by atoms with E-state index in [1.165, 1.54) is 0 Å². The zero-order valence-electron chi connectivity index (χ0n) is 10.4. The first kappa shape index (κ1) is 13.1. The zero-order valence-corrected chi connectivity index (χ0v) is 11.9. The van der Waals surface area contributed by atoms with Crippen molar-refractivity contribution in [2.45, 2.75) is 26.2 Å². The Hall–Kier alpha value is -1.29. The van der Waals surface area contributed by atoms with Gasteiger partial charge in [0.25, 0.3) is 0 Å². The molecule has 1 aromatic rings. The number of hydrogen-bond donors (Lipinski definition) is 2. The fourth-order valence-corrected chi connectivity index (χ4v) is 2.41. The number of aliphatic imine (C=N–C) groups is 1. The van der Waals surface area contributed by atoms with Crippen LogP contribution in [-0.2, 0) is 0 Å². The summed E-state index contributed by atoms with van der Waals surface area (Å²) >= 11 is 3.33. The molecule has 0 aromatic heterocycles. The number of aromatic hydroxyl groups is 1. The summed E-state index contributed by atoms with van der Waals surface area (Å²) in [6, 6.07) is 5.43. The third-order valence-corrected chi connectivity index (χ3v) is 3.48. The van der Waals surface area contributed by atoms with E-state index in [0.717, 1.165) is 29.6 Å². The first-order valence-electron chi connectivity index (χ1n) is 6.19. The van der Waals surface area contributed by atoms with Gasteiger partial charge in [0.2, 0.25) is 0 Å². The molecule has 96 valence electrons. The summed E-state index contributed by atoms with van der Waals surface area (Å²) in [4.78, 5) is 4.39. The van der Waals surface area contributed by atoms with E-state index < -0.39 is 0 Å². The largest absolute Gasteiger partial charge is 0.506 e. The van der Waals surface area contributed by atoms with Crippen molar-refractivity contribution in [2.24, 2.45) is 10.9 Å². The minimum atomic E-state index is 0.233. The van der Waals surface area contributed by atoms with Crippen LogP contribution in [0.5, 0.6) is 5.75 Å². The van der Waals surface area contributed by atoms with Crippen molar-refractivity contribution in [3.05, 3.63) is 34.9 Å². The van der Waals surface area contributed by atoms with E-state index in [9.17, 15) is 5.11 Å². The van der Waals surface area contributed by atoms with Gasteiger partial charge in [-0.25, -0.2) is 4.99 Å². The number of benzene rings is 1. The number of nitrogens with zero attached hydrogens (tertiary/aromatic N) is 1. The first-order chi connectivity index (χ1) is 8.70. The topological polar surface area (TPSA) is 44.6 Å². The maximum absolute atomic E-state index is 9.87. The second-order valence-electron chi connectivity index (χ2n) is 4.41. The Morgan fingerprint density at radius 1 is 1.50 bits per heavy atom. The molecule has 0 fully saturated rings. The van der Waals surface area contributed by atoms with E-state index in [2.05, 4.69) is 39.2 Å². The minimum Gasteiger partial charge on any atom is -0.506 e. The lowest BCUT2D eigenvalue weighted by molar-refractivity contribution is 0.477. The summed E-state index contributed by atoms with van der Waals surface area (Å²) in [5, 5.41) is 13.1. The number of rotatable bonds is 3. The number of amidine groups is 1. The lowest BCUT2D eigenvalue weighted by Crippen LogP contribution is -2.24. The Kier molecular flexibility index (Phi) is 4.42. The van der Waals surface area contributed by atoms with Crippen molar-refractivity contribution >= 4 is 27.5 Å². The van der Waals surface area contributed by atoms with Gasteiger partial charge in [-0.1, -0.05) is 35.4 Å². The van der Waals surface area contributed by atoms with E-state index in [1.807, 2.05) is 18.3 Å². The number of phenols is 1. The fourth-order valence-electron chi connectivity index (χ4n) is 2.06. The lowest BCUT2D eigenvalue weighted by atomic mass is 9.96. The molecule has 0 bridgehead atoms. The van der Waals surface area contributed by atoms with Crippen LogP contribution in [0.25, 0.3) is 0 Å². The van der Waals surface area contributed by atoms with Crippen LogP contribution in [0.4, 0.5) is 5.69 Å². The number of nitrogens with one attached hydrogen (secondary N) is 1. The predicted octanol–water partition coefficient (Wildman–Crippen LogP) is 4.30. The van der Waals surface area contributed by atoms with Crippen molar-refractivity contribution in [1.29, 1.82) is 0 Å². The van der Waals surface area contributed by atoms with Crippen LogP contribution in [0.2, 0.25) is 0 Å². The van der Waals surface area contributed by atoms with Gasteiger partial charge < -0.3 is 10.4 Å². The molecular formula is C14H17BrN2O. The smallest absolute Gasteiger partial charge is 0.140 e. The molecule has 0 saturated carbocycles. The monoisotopic (exact) mass is 308 g/mol. The fraction of sp³-hybridized carbons (Fsp3) is 0.357. The van der Waals surface area contributed by atoms with E-state index in [4.69, 9.17) is 0 Å². The number of allylic oxidation sites excluding steroid dienone is 1. The molecule has 18 heavy (non-hydrogen) atoms. The molecule has 2 N–H and O–H groups in total. The molecule has 2 rings (SSSR count). The van der Waals surface area contributed by atoms with Gasteiger partial charge in [0, 0.05) is 16.6 Å². The second kappa shape index (κ2) is 6.05. The molecule has 4 heteroatoms. The molecule has 1 atom stereocenters. The van der Waals surface area contributed by atoms with Crippen LogP contribution in [0.3, 0.4) is 0 Å². The van der Waals surface area contributed by atoms with Crippen LogP contribution in [-0.4, -0.2) is 10.9 Å². The summed E-state index contributed by atoms with van der Waals surface area (Å²) < 4.78 is 0.862. The maximum atomic E-state index is 9.87. The van der Waals surface area contributed by atoms with Gasteiger partial charge >= 0.3 is 0 Å². The van der Waals surface area contributed by atoms with Crippen LogP contribution < -0.4 is 5.32 Å². The number of phenolic OH excluding ortho intramolecular Hbond substituents is 1. The summed E-state index contributed by atoms with van der Waals surface area (Å²) in [5.74, 6) is 1.59. The van der Waals surface area contributed by atoms with E-state index in [-0.39, 0.29) is 5.75 Å². The average molecular weight is 309 g/mol. The third-order valence-electron chi connectivity index (χ3n) is 2.99. The van der Waals surface area contributed by atoms with E-state index in [0.29, 0.717) is 11.6 Å². The standard InChI is InChI=1S/C14H17BrN2O/c1-2-4-10-5-3-8-16-14(10)17-12-7-6-11(15)9-13(12)18/h3,6-10,18H,2,4-5H2,1H3,(H,16,17). The molecule has 0 saturated heterocycles. The van der Waals surface area contributed by atoms with Crippen molar-refractivity contribution in [3.63, 3.8) is 0 Å². The molecule has 1 unspecified atom stereocenters. The zero-order chi connectivity index (χ0) is 13.0. The quantitative estimate of drug-likeness (QED) is 0.818. The number of hydrogen-bond acceptors (Lipinski definition) is 3. The normalized spacial score (nSPS) is 18.6. The Morgan fingerprint density at radius 3 is 3.06 bits per heavy atom. The lowest BCUT2D eigenvalue weighted by Gasteiger charge is -2.21. The Balaban J connectivity index is 2.16. The van der Waals surface area contributed by atoms with Gasteiger partial charge in [0.05, 0.1) is 5.69 Å². The summed E-state index contributed by atoms with van der Waals surface area (Å²) in [6.07, 6.45) is 7.16. The maximum Gasteiger partial charge on any atom is 0.140 e. The molecular weight excluding hydrogens is 292 g/mol. The van der Waals surface area contributed by atoms with Crippen LogP contribution in [0, 0.1) is 5.92 Å². The molecule has 0 aliphatic carbocycles. The predicted molar refractivity (Wildman–Crippen MR) is 79.0 cm³/mol. The van der Waals surface area contributed by atoms with Crippen molar-refractivity contribution in [1.82, 2.24) is 0 Å². The van der Waals surface area contributed by atoms with Crippen molar-refractivity contribution in [3.8, 4) is 5.75 Å². The average Bonchev–Trinajstić information content (AvgIpc) is 2.35. The van der Waals surface area contributed by atoms with Crippen LogP contribution in [0.1, 0.15) is 26.2 Å². The molecule has 0 radical (unpaired) electrons. The minimum absolute atomic E-state index is 0.233. The highest BCUT2D eigenvalue weighted by Crippen LogP contribution is 2.28. The molecule has 0 spiro atoms. The molecule has 1 aromatic carbocycles. The molecule has 1 heterocycles. The number of halogens is 1. The highest BCUT2D eigenvalue weighted by molar-refractivity contribution is 9.10. The van der Waals surface area contributed by atoms with Crippen molar-refractivity contribution < 1.29 is 5.11 Å². The Labute approximate surface area is 116 Å². The SMILES string of the molecule is CCCC1CC=CN=C1Nc1ccc(Br)cc1O. The molecule has 0 amide bonds. The van der Waals surface area contributed by atoms with Crippen LogP contribution >= 0.6 is 15.9 Å². The highest BCUT2D eigenvalue weighted by atomic mass is 79.9. The molecule has 1 aliphatic heterocycles. The van der Waals surface area contributed by atoms with E-state index in [1.54, 1.807) is 6.07 Å². The molecule has 3 nitrogen and oxygen atoms in total. The summed E-state index contributed by atoms with van der Waals surface area (Å²) in [7, 11) is 0. The summed E-state index contributed by atoms with van der Waals surface area (Å²) in [6.45, 7) is 2.17. The summed E-state index contributed by atoms with van der Waals surface area (Å²) in [5.41, 5.74) is 0.702. The van der Waals surface area contributed by atoms with Crippen molar-refractivity contribution in [2.75, 3.05) is 5.32 Å². The van der Waals surface area contributed by atoms with Gasteiger partial charge in [-0.2, -0.15) is 0 Å². The van der Waals surface area contributed by atoms with E-state index >= 15 is 0 Å². The van der Waals surface area contributed by atoms with Gasteiger partial charge in [-0.3, -0.25) is 0 Å². The third kappa shape index (κ3) is 3.13. The first-order valence-corrected chi connectivity index (χ1v) is 6.98. The van der Waals surface area contributed by atoms with Gasteiger partial charge in [0.15, 0.2) is 0 Å². The van der Waals surface area contributed by atoms with Gasteiger partial charge in [-0.05, 0) is 31.0 Å². The Bertz CT molecular complexity index is 483. The van der Waals surface area contributed by atoms with Gasteiger partial charge in [-0.15, -0.1) is 0 Å².